The van der Waals surface area contributed by atoms with Crippen molar-refractivity contribution in [3.63, 3.8) is 0 Å². The van der Waals surface area contributed by atoms with Crippen LogP contribution in [0.2, 0.25) is 0 Å². The van der Waals surface area contributed by atoms with E-state index in [-0.39, 0.29) is 17.2 Å². The number of nitrogens with zero attached hydrogens (tertiary/aromatic N) is 2. The zero-order valence-corrected chi connectivity index (χ0v) is 18.2. The molecule has 1 heterocycles. The molecule has 1 aromatic heterocycles. The van der Waals surface area contributed by atoms with E-state index in [0.29, 0.717) is 30.2 Å². The van der Waals surface area contributed by atoms with E-state index in [1.165, 1.54) is 4.68 Å². The van der Waals surface area contributed by atoms with Gasteiger partial charge in [-0.1, -0.05) is 45.4 Å². The molecule has 10 nitrogen and oxygen atoms in total. The molecule has 2 atom stereocenters. The molecule has 2 amide bonds. The Balaban J connectivity index is 2.29. The maximum absolute atomic E-state index is 12.7. The van der Waals surface area contributed by atoms with Crippen LogP contribution in [0.5, 0.6) is 0 Å². The second kappa shape index (κ2) is 9.81. The van der Waals surface area contributed by atoms with Crippen LogP contribution in [-0.4, -0.2) is 42.3 Å². The number of nitrogens with one attached hydrogen (secondary N) is 3. The van der Waals surface area contributed by atoms with Gasteiger partial charge < -0.3 is 0 Å². The van der Waals surface area contributed by atoms with Crippen molar-refractivity contribution in [3.05, 3.63) is 40.3 Å². The SMILES string of the molecule is CCCn1nc(C(=O)NNC(=O)C(NS(C)(=O)=O)C(C)CC)c2ccccc2c1=O. The summed E-state index contributed by atoms with van der Waals surface area (Å²) in [5.41, 5.74) is 4.21. The van der Waals surface area contributed by atoms with Crippen molar-refractivity contribution in [1.29, 1.82) is 0 Å². The number of aryl methyl sites for hydroxylation is 1. The molecule has 0 aliphatic heterocycles. The molecule has 0 saturated heterocycles. The summed E-state index contributed by atoms with van der Waals surface area (Å²) >= 11 is 0. The summed E-state index contributed by atoms with van der Waals surface area (Å²) in [6.07, 6.45) is 2.15. The molecular weight excluding hydrogens is 410 g/mol. The third kappa shape index (κ3) is 5.63. The largest absolute Gasteiger partial charge is 0.290 e. The van der Waals surface area contributed by atoms with E-state index in [0.717, 1.165) is 6.26 Å². The third-order valence-corrected chi connectivity index (χ3v) is 5.34. The monoisotopic (exact) mass is 437 g/mol. The van der Waals surface area contributed by atoms with Crippen molar-refractivity contribution in [3.8, 4) is 0 Å². The molecule has 2 rings (SSSR count). The van der Waals surface area contributed by atoms with Gasteiger partial charge in [-0.05, 0) is 18.4 Å². The summed E-state index contributed by atoms with van der Waals surface area (Å²) in [5.74, 6) is -1.72. The lowest BCUT2D eigenvalue weighted by atomic mass is 10.00. The van der Waals surface area contributed by atoms with Gasteiger partial charge in [0.1, 0.15) is 6.04 Å². The van der Waals surface area contributed by atoms with Crippen LogP contribution in [0.1, 0.15) is 44.1 Å². The summed E-state index contributed by atoms with van der Waals surface area (Å²) in [5, 5.41) is 4.85. The number of carbonyl (C=O) groups excluding carboxylic acids is 2. The Morgan fingerprint density at radius 2 is 1.77 bits per heavy atom. The van der Waals surface area contributed by atoms with Crippen molar-refractivity contribution in [2.75, 3.05) is 6.26 Å². The number of benzene rings is 1. The number of carbonyl (C=O) groups is 2. The predicted molar refractivity (Wildman–Crippen MR) is 113 cm³/mol. The molecule has 2 unspecified atom stereocenters. The van der Waals surface area contributed by atoms with Gasteiger partial charge in [-0.15, -0.1) is 0 Å². The lowest BCUT2D eigenvalue weighted by Gasteiger charge is -2.22. The van der Waals surface area contributed by atoms with E-state index < -0.39 is 27.9 Å². The number of fused-ring (bicyclic) bond motifs is 1. The van der Waals surface area contributed by atoms with Gasteiger partial charge in [0.15, 0.2) is 5.69 Å². The highest BCUT2D eigenvalue weighted by atomic mass is 32.2. The van der Waals surface area contributed by atoms with Gasteiger partial charge >= 0.3 is 0 Å². The van der Waals surface area contributed by atoms with Crippen LogP contribution < -0.4 is 21.1 Å². The summed E-state index contributed by atoms with van der Waals surface area (Å²) < 4.78 is 26.7. The van der Waals surface area contributed by atoms with Crippen molar-refractivity contribution < 1.29 is 18.0 Å². The number of hydrogen-bond donors (Lipinski definition) is 3. The number of rotatable bonds is 8. The molecule has 0 spiro atoms. The molecule has 3 N–H and O–H groups in total. The Hall–Kier alpha value is -2.79. The maximum Gasteiger partial charge on any atom is 0.290 e. The molecule has 2 aromatic rings. The van der Waals surface area contributed by atoms with Crippen LogP contribution in [0.15, 0.2) is 29.1 Å². The lowest BCUT2D eigenvalue weighted by molar-refractivity contribution is -0.124. The van der Waals surface area contributed by atoms with Crippen molar-refractivity contribution >= 4 is 32.6 Å². The maximum atomic E-state index is 12.7. The zero-order valence-electron chi connectivity index (χ0n) is 17.4. The number of hydrogen-bond acceptors (Lipinski definition) is 6. The van der Waals surface area contributed by atoms with Gasteiger partial charge in [-0.25, -0.2) is 17.8 Å². The summed E-state index contributed by atoms with van der Waals surface area (Å²) in [4.78, 5) is 37.8. The zero-order chi connectivity index (χ0) is 22.5. The summed E-state index contributed by atoms with van der Waals surface area (Å²) in [6, 6.07) is 5.53. The van der Waals surface area contributed by atoms with Gasteiger partial charge in [-0.3, -0.25) is 25.2 Å². The van der Waals surface area contributed by atoms with E-state index in [1.54, 1.807) is 31.2 Å². The van der Waals surface area contributed by atoms with Gasteiger partial charge in [0, 0.05) is 11.9 Å². The molecule has 0 saturated carbocycles. The van der Waals surface area contributed by atoms with Crippen molar-refractivity contribution in [2.45, 2.75) is 46.2 Å². The minimum atomic E-state index is -3.63. The van der Waals surface area contributed by atoms with E-state index in [2.05, 4.69) is 20.7 Å². The first-order chi connectivity index (χ1) is 14.1. The van der Waals surface area contributed by atoms with Crippen LogP contribution in [0.25, 0.3) is 10.8 Å². The first kappa shape index (κ1) is 23.5. The average Bonchev–Trinajstić information content (AvgIpc) is 2.71. The van der Waals surface area contributed by atoms with Gasteiger partial charge in [0.05, 0.1) is 11.6 Å². The van der Waals surface area contributed by atoms with E-state index in [9.17, 15) is 22.8 Å². The molecule has 30 heavy (non-hydrogen) atoms. The molecule has 0 aliphatic rings. The first-order valence-electron chi connectivity index (χ1n) is 9.66. The highest BCUT2D eigenvalue weighted by Crippen LogP contribution is 2.13. The standard InChI is InChI=1S/C19H27N5O5S/c1-5-11-24-19(27)14-10-8-7-9-13(14)16(22-24)18(26)21-20-17(25)15(12(3)6-2)23-30(4,28)29/h7-10,12,15,23H,5-6,11H2,1-4H3,(H,20,25)(H,21,26). The Kier molecular flexibility index (Phi) is 7.68. The minimum absolute atomic E-state index is 0.0184. The van der Waals surface area contributed by atoms with Gasteiger partial charge in [0.25, 0.3) is 17.4 Å². The number of amides is 2. The first-order valence-corrected chi connectivity index (χ1v) is 11.6. The Labute approximate surface area is 175 Å². The molecule has 0 fully saturated rings. The van der Waals surface area contributed by atoms with Gasteiger partial charge in [-0.2, -0.15) is 5.10 Å². The van der Waals surface area contributed by atoms with E-state index in [1.807, 2.05) is 13.8 Å². The topological polar surface area (TPSA) is 139 Å². The van der Waals surface area contributed by atoms with Gasteiger partial charge in [0.2, 0.25) is 10.0 Å². The Bertz CT molecular complexity index is 1100. The van der Waals surface area contributed by atoms with Crippen molar-refractivity contribution in [1.82, 2.24) is 25.4 Å². The second-order valence-electron chi connectivity index (χ2n) is 7.12. The fourth-order valence-electron chi connectivity index (χ4n) is 2.92. The molecule has 0 bridgehead atoms. The Morgan fingerprint density at radius 3 is 2.33 bits per heavy atom. The highest BCUT2D eigenvalue weighted by molar-refractivity contribution is 7.88. The fourth-order valence-corrected chi connectivity index (χ4v) is 3.72. The average molecular weight is 438 g/mol. The summed E-state index contributed by atoms with van der Waals surface area (Å²) in [7, 11) is -3.63. The normalized spacial score (nSPS) is 13.6. The number of sulfonamides is 1. The fraction of sp³-hybridized carbons (Fsp3) is 0.474. The molecule has 0 radical (unpaired) electrons. The van der Waals surface area contributed by atoms with E-state index in [4.69, 9.17) is 0 Å². The summed E-state index contributed by atoms with van der Waals surface area (Å²) in [6.45, 7) is 5.76. The van der Waals surface area contributed by atoms with Crippen LogP contribution in [-0.2, 0) is 21.4 Å². The second-order valence-corrected chi connectivity index (χ2v) is 8.90. The number of aromatic nitrogens is 2. The number of hydrazine groups is 1. The molecule has 164 valence electrons. The molecule has 1 aromatic carbocycles. The van der Waals surface area contributed by atoms with Crippen molar-refractivity contribution in [2.24, 2.45) is 5.92 Å². The predicted octanol–water partition coefficient (Wildman–Crippen LogP) is 0.531. The minimum Gasteiger partial charge on any atom is -0.271 e. The van der Waals surface area contributed by atoms with Crippen LogP contribution in [0.3, 0.4) is 0 Å². The molecule has 0 aliphatic carbocycles. The van der Waals surface area contributed by atoms with E-state index >= 15 is 0 Å². The molecular formula is C19H27N5O5S. The lowest BCUT2D eigenvalue weighted by Crippen LogP contribution is -2.54. The van der Waals surface area contributed by atoms with Crippen LogP contribution in [0, 0.1) is 5.92 Å². The molecule has 11 heteroatoms. The smallest absolute Gasteiger partial charge is 0.271 e. The quantitative estimate of drug-likeness (QED) is 0.515. The Morgan fingerprint density at radius 1 is 1.13 bits per heavy atom. The highest BCUT2D eigenvalue weighted by Gasteiger charge is 2.28. The third-order valence-electron chi connectivity index (χ3n) is 4.65. The van der Waals surface area contributed by atoms with Crippen LogP contribution in [0.4, 0.5) is 0 Å². The van der Waals surface area contributed by atoms with Crippen LogP contribution >= 0.6 is 0 Å².